The molecule has 0 aliphatic carbocycles. The first kappa shape index (κ1) is 13.0. The first-order chi connectivity index (χ1) is 5.58. The van der Waals surface area contributed by atoms with E-state index in [4.69, 9.17) is 5.73 Å². The molecule has 2 amide bonds. The number of hydrogen-bond donors (Lipinski definition) is 3. The van der Waals surface area contributed by atoms with Crippen LogP contribution in [-0.4, -0.2) is 18.5 Å². The van der Waals surface area contributed by atoms with Crippen molar-refractivity contribution in [2.75, 3.05) is 6.67 Å². The molecule has 0 atom stereocenters. The molecule has 0 spiro atoms. The number of carbonyl (C=O) groups is 2. The third-order valence-corrected chi connectivity index (χ3v) is 0.663. The Morgan fingerprint density at radius 1 is 1.33 bits per heavy atom. The Hall–Kier alpha value is -1.62. The summed E-state index contributed by atoms with van der Waals surface area (Å²) in [5.41, 5.74) is 9.46. The van der Waals surface area contributed by atoms with E-state index in [1.54, 1.807) is 0 Å². The minimum absolute atomic E-state index is 0.171. The van der Waals surface area contributed by atoms with E-state index >= 15 is 0 Å². The predicted octanol–water partition coefficient (Wildman–Crippen LogP) is -1.14. The molecule has 0 unspecified atom stereocenters. The minimum atomic E-state index is -0.481. The number of hydrogen-bond acceptors (Lipinski definition) is 3. The van der Waals surface area contributed by atoms with Gasteiger partial charge in [0.1, 0.15) is 0 Å². The topological polar surface area (TPSA) is 98.2 Å². The van der Waals surface area contributed by atoms with Crippen LogP contribution in [-0.2, 0) is 9.59 Å². The zero-order valence-corrected chi connectivity index (χ0v) is 6.75. The highest BCUT2D eigenvalue weighted by atomic mass is 16.1. The van der Waals surface area contributed by atoms with E-state index in [1.165, 1.54) is 6.08 Å². The van der Waals surface area contributed by atoms with Crippen LogP contribution in [0.1, 0.15) is 0 Å². The van der Waals surface area contributed by atoms with Crippen LogP contribution in [0.4, 0.5) is 0 Å². The van der Waals surface area contributed by atoms with Crippen LogP contribution >= 0.6 is 0 Å². The van der Waals surface area contributed by atoms with E-state index in [2.05, 4.69) is 24.2 Å². The van der Waals surface area contributed by atoms with Crippen molar-refractivity contribution in [3.05, 3.63) is 25.3 Å². The summed E-state index contributed by atoms with van der Waals surface area (Å²) >= 11 is 0. The van der Waals surface area contributed by atoms with Gasteiger partial charge in [0.25, 0.3) is 0 Å². The van der Waals surface area contributed by atoms with Gasteiger partial charge < -0.3 is 16.8 Å². The fourth-order valence-electron chi connectivity index (χ4n) is 0.173. The quantitative estimate of drug-likeness (QED) is 0.370. The Labute approximate surface area is 71.1 Å². The van der Waals surface area contributed by atoms with Gasteiger partial charge in [-0.25, -0.2) is 0 Å². The maximum absolute atomic E-state index is 10.1. The molecular formula is C7H13N3O2. The average molecular weight is 171 g/mol. The fourth-order valence-corrected chi connectivity index (χ4v) is 0.173. The second-order valence-electron chi connectivity index (χ2n) is 1.56. The van der Waals surface area contributed by atoms with Crippen molar-refractivity contribution in [2.45, 2.75) is 0 Å². The number of primary amides is 1. The number of nitrogens with one attached hydrogen (secondary N) is 1. The third kappa shape index (κ3) is 15.8. The first-order valence-electron chi connectivity index (χ1n) is 3.10. The van der Waals surface area contributed by atoms with Gasteiger partial charge in [0.05, 0.1) is 6.67 Å². The van der Waals surface area contributed by atoms with Gasteiger partial charge in [-0.3, -0.25) is 9.59 Å². The summed E-state index contributed by atoms with van der Waals surface area (Å²) in [5.74, 6) is -0.715. The number of rotatable bonds is 3. The SMILES string of the molecule is C=CC(=O)NCN.C=CC(N)=O. The van der Waals surface area contributed by atoms with E-state index in [-0.39, 0.29) is 12.6 Å². The highest BCUT2D eigenvalue weighted by molar-refractivity contribution is 5.86. The van der Waals surface area contributed by atoms with Gasteiger partial charge in [0.15, 0.2) is 0 Å². The van der Waals surface area contributed by atoms with Crippen LogP contribution < -0.4 is 16.8 Å². The molecular weight excluding hydrogens is 158 g/mol. The molecule has 0 aromatic carbocycles. The predicted molar refractivity (Wildman–Crippen MR) is 46.8 cm³/mol. The molecule has 12 heavy (non-hydrogen) atoms. The van der Waals surface area contributed by atoms with Gasteiger partial charge in [0.2, 0.25) is 11.8 Å². The molecule has 0 saturated heterocycles. The minimum Gasteiger partial charge on any atom is -0.366 e. The van der Waals surface area contributed by atoms with Crippen LogP contribution in [0.15, 0.2) is 25.3 Å². The van der Waals surface area contributed by atoms with Gasteiger partial charge in [0, 0.05) is 0 Å². The summed E-state index contributed by atoms with van der Waals surface area (Å²) < 4.78 is 0. The van der Waals surface area contributed by atoms with Gasteiger partial charge in [-0.15, -0.1) is 0 Å². The Bertz CT molecular complexity index is 177. The van der Waals surface area contributed by atoms with Crippen molar-refractivity contribution in [3.63, 3.8) is 0 Å². The van der Waals surface area contributed by atoms with Crippen molar-refractivity contribution in [1.29, 1.82) is 0 Å². The molecule has 5 nitrogen and oxygen atoms in total. The van der Waals surface area contributed by atoms with Crippen LogP contribution in [0.25, 0.3) is 0 Å². The van der Waals surface area contributed by atoms with Crippen LogP contribution in [0, 0.1) is 0 Å². The average Bonchev–Trinajstić information content (AvgIpc) is 2.06. The summed E-state index contributed by atoms with van der Waals surface area (Å²) in [5, 5.41) is 2.32. The maximum Gasteiger partial charge on any atom is 0.244 e. The van der Waals surface area contributed by atoms with Gasteiger partial charge in [-0.05, 0) is 12.2 Å². The molecule has 0 saturated carbocycles. The lowest BCUT2D eigenvalue weighted by Crippen LogP contribution is -2.27. The highest BCUT2D eigenvalue weighted by Gasteiger charge is 1.83. The van der Waals surface area contributed by atoms with Crippen LogP contribution in [0.5, 0.6) is 0 Å². The zero-order chi connectivity index (χ0) is 9.98. The third-order valence-electron chi connectivity index (χ3n) is 0.663. The number of carbonyl (C=O) groups excluding carboxylic acids is 2. The largest absolute Gasteiger partial charge is 0.366 e. The summed E-state index contributed by atoms with van der Waals surface area (Å²) in [6.07, 6.45) is 2.23. The summed E-state index contributed by atoms with van der Waals surface area (Å²) in [6.45, 7) is 6.47. The second-order valence-corrected chi connectivity index (χ2v) is 1.56. The molecule has 0 aromatic heterocycles. The smallest absolute Gasteiger partial charge is 0.244 e. The molecule has 0 aliphatic rings. The maximum atomic E-state index is 10.1. The Balaban J connectivity index is 0. The van der Waals surface area contributed by atoms with Gasteiger partial charge in [-0.1, -0.05) is 13.2 Å². The lowest BCUT2D eigenvalue weighted by atomic mass is 10.6. The molecule has 0 radical (unpaired) electrons. The molecule has 0 aliphatic heterocycles. The van der Waals surface area contributed by atoms with Crippen molar-refractivity contribution in [2.24, 2.45) is 11.5 Å². The normalized spacial score (nSPS) is 7.08. The number of nitrogens with two attached hydrogens (primary N) is 2. The Morgan fingerprint density at radius 3 is 1.83 bits per heavy atom. The Kier molecular flexibility index (Phi) is 10.2. The lowest BCUT2D eigenvalue weighted by Gasteiger charge is -1.90. The van der Waals surface area contributed by atoms with Crippen LogP contribution in [0.3, 0.4) is 0 Å². The molecule has 5 heteroatoms. The monoisotopic (exact) mass is 171 g/mol. The van der Waals surface area contributed by atoms with Gasteiger partial charge >= 0.3 is 0 Å². The number of amides is 2. The molecule has 0 aromatic rings. The van der Waals surface area contributed by atoms with Crippen molar-refractivity contribution in [3.8, 4) is 0 Å². The molecule has 5 N–H and O–H groups in total. The van der Waals surface area contributed by atoms with Crippen molar-refractivity contribution < 1.29 is 9.59 Å². The summed E-state index contributed by atoms with van der Waals surface area (Å²) in [7, 11) is 0. The summed E-state index contributed by atoms with van der Waals surface area (Å²) in [6, 6.07) is 0. The first-order valence-corrected chi connectivity index (χ1v) is 3.10. The molecule has 68 valence electrons. The fraction of sp³-hybridized carbons (Fsp3) is 0.143. The van der Waals surface area contributed by atoms with E-state index in [1.807, 2.05) is 0 Å². The van der Waals surface area contributed by atoms with Gasteiger partial charge in [-0.2, -0.15) is 0 Å². The van der Waals surface area contributed by atoms with E-state index < -0.39 is 5.91 Å². The van der Waals surface area contributed by atoms with E-state index in [0.29, 0.717) is 0 Å². The standard InChI is InChI=1S/C4H8N2O.C3H5NO/c1-2-4(7)6-3-5;1-2-3(4)5/h2H,1,3,5H2,(H,6,7);2H,1H2,(H2,4,5). The zero-order valence-electron chi connectivity index (χ0n) is 6.75. The molecule has 0 fully saturated rings. The molecule has 0 rings (SSSR count). The second kappa shape index (κ2) is 9.38. The van der Waals surface area contributed by atoms with Crippen molar-refractivity contribution in [1.82, 2.24) is 5.32 Å². The molecule has 0 heterocycles. The lowest BCUT2D eigenvalue weighted by molar-refractivity contribution is -0.116. The molecule has 0 bridgehead atoms. The summed E-state index contributed by atoms with van der Waals surface area (Å²) in [4.78, 5) is 19.6. The highest BCUT2D eigenvalue weighted by Crippen LogP contribution is 1.58. The van der Waals surface area contributed by atoms with Crippen LogP contribution in [0.2, 0.25) is 0 Å². The Morgan fingerprint density at radius 2 is 1.75 bits per heavy atom. The van der Waals surface area contributed by atoms with E-state index in [0.717, 1.165) is 6.08 Å². The van der Waals surface area contributed by atoms with E-state index in [9.17, 15) is 9.59 Å². The van der Waals surface area contributed by atoms with Crippen molar-refractivity contribution >= 4 is 11.8 Å².